The van der Waals surface area contributed by atoms with Crippen molar-refractivity contribution in [3.8, 4) is 11.3 Å². The Bertz CT molecular complexity index is 1130. The Balaban J connectivity index is 1.52. The van der Waals surface area contributed by atoms with Gasteiger partial charge in [-0.3, -0.25) is 25.0 Å². The molecule has 0 unspecified atom stereocenters. The van der Waals surface area contributed by atoms with Gasteiger partial charge >= 0.3 is 0 Å². The fourth-order valence-corrected chi connectivity index (χ4v) is 4.07. The van der Waals surface area contributed by atoms with Crippen LogP contribution in [0.25, 0.3) is 11.3 Å². The number of carbonyl (C=O) groups is 2. The van der Waals surface area contributed by atoms with Crippen molar-refractivity contribution in [1.29, 1.82) is 0 Å². The molecule has 0 radical (unpaired) electrons. The number of benzene rings is 1. The molecule has 1 aromatic carbocycles. The van der Waals surface area contributed by atoms with Crippen molar-refractivity contribution in [2.24, 2.45) is 5.73 Å². The summed E-state index contributed by atoms with van der Waals surface area (Å²) in [4.78, 5) is 43.9. The van der Waals surface area contributed by atoms with Crippen LogP contribution >= 0.6 is 11.3 Å². The van der Waals surface area contributed by atoms with Crippen molar-refractivity contribution in [2.45, 2.75) is 12.8 Å². The first-order valence-corrected chi connectivity index (χ1v) is 10.1. The summed E-state index contributed by atoms with van der Waals surface area (Å²) in [5, 5.41) is 16.2. The molecule has 1 aliphatic rings. The number of H-pyrrole nitrogens is 1. The number of nitrogens with zero attached hydrogens (tertiary/aromatic N) is 3. The van der Waals surface area contributed by atoms with Crippen LogP contribution in [0.1, 0.15) is 33.7 Å². The molecule has 2 aromatic heterocycles. The second kappa shape index (κ2) is 7.95. The molecular formula is C19H18N6O4S. The number of nitrogens with one attached hydrogen (secondary N) is 2. The van der Waals surface area contributed by atoms with Crippen LogP contribution < -0.4 is 16.0 Å². The number of rotatable bonds is 6. The number of nitrogens with two attached hydrogens (primary N) is 1. The van der Waals surface area contributed by atoms with Gasteiger partial charge in [-0.05, 0) is 31.0 Å². The van der Waals surface area contributed by atoms with E-state index in [-0.39, 0.29) is 16.9 Å². The van der Waals surface area contributed by atoms with Gasteiger partial charge in [0.15, 0.2) is 5.13 Å². The maximum absolute atomic E-state index is 12.6. The van der Waals surface area contributed by atoms with Gasteiger partial charge in [-0.2, -0.15) is 0 Å². The lowest BCUT2D eigenvalue weighted by atomic mass is 10.1. The van der Waals surface area contributed by atoms with Gasteiger partial charge in [-0.15, -0.1) is 11.3 Å². The van der Waals surface area contributed by atoms with E-state index in [4.69, 9.17) is 5.73 Å². The maximum atomic E-state index is 12.6. The SMILES string of the molecule is NC(=O)c1cc(-c2csc(NC(=O)c3ccc(N4CCCC4)c([N+](=O)[O-])c3)n2)c[nH]1. The zero-order valence-electron chi connectivity index (χ0n) is 15.8. The Kier molecular flexibility index (Phi) is 5.19. The normalized spacial score (nSPS) is 13.4. The molecule has 0 aliphatic carbocycles. The number of carbonyl (C=O) groups excluding carboxylic acids is 2. The first-order valence-electron chi connectivity index (χ1n) is 9.21. The summed E-state index contributed by atoms with van der Waals surface area (Å²) in [7, 11) is 0. The number of amides is 2. The summed E-state index contributed by atoms with van der Waals surface area (Å²) in [6, 6.07) is 6.07. The highest BCUT2D eigenvalue weighted by Gasteiger charge is 2.24. The van der Waals surface area contributed by atoms with Crippen molar-refractivity contribution in [2.75, 3.05) is 23.3 Å². The van der Waals surface area contributed by atoms with Crippen molar-refractivity contribution >= 4 is 39.7 Å². The number of nitro benzene ring substituents is 1. The molecule has 4 rings (SSSR count). The summed E-state index contributed by atoms with van der Waals surface area (Å²) < 4.78 is 0. The van der Waals surface area contributed by atoms with Gasteiger partial charge in [0.1, 0.15) is 11.4 Å². The van der Waals surface area contributed by atoms with E-state index in [1.807, 2.05) is 4.90 Å². The molecule has 0 bridgehead atoms. The van der Waals surface area contributed by atoms with Crippen LogP contribution in [-0.2, 0) is 0 Å². The largest absolute Gasteiger partial charge is 0.366 e. The van der Waals surface area contributed by atoms with Crippen LogP contribution in [0, 0.1) is 10.1 Å². The quantitative estimate of drug-likeness (QED) is 0.408. The topological polar surface area (TPSA) is 147 Å². The van der Waals surface area contributed by atoms with Gasteiger partial charge in [0, 0.05) is 41.9 Å². The van der Waals surface area contributed by atoms with Crippen molar-refractivity contribution < 1.29 is 14.5 Å². The van der Waals surface area contributed by atoms with Crippen LogP contribution in [0.5, 0.6) is 0 Å². The summed E-state index contributed by atoms with van der Waals surface area (Å²) in [5.41, 5.74) is 7.33. The van der Waals surface area contributed by atoms with E-state index in [1.54, 1.807) is 29.8 Å². The molecule has 10 nitrogen and oxygen atoms in total. The monoisotopic (exact) mass is 426 g/mol. The molecule has 3 heterocycles. The predicted octanol–water partition coefficient (Wildman–Crippen LogP) is 3.00. The van der Waals surface area contributed by atoms with Gasteiger partial charge in [0.05, 0.1) is 10.6 Å². The van der Waals surface area contributed by atoms with Gasteiger partial charge in [0.2, 0.25) is 0 Å². The van der Waals surface area contributed by atoms with Crippen LogP contribution in [0.2, 0.25) is 0 Å². The Morgan fingerprint density at radius 1 is 1.27 bits per heavy atom. The van der Waals surface area contributed by atoms with Crippen LogP contribution in [0.15, 0.2) is 35.8 Å². The van der Waals surface area contributed by atoms with Crippen LogP contribution in [0.4, 0.5) is 16.5 Å². The number of hydrogen-bond acceptors (Lipinski definition) is 7. The Hall–Kier alpha value is -3.73. The minimum Gasteiger partial charge on any atom is -0.366 e. The molecule has 0 atom stereocenters. The highest BCUT2D eigenvalue weighted by Crippen LogP contribution is 2.32. The van der Waals surface area contributed by atoms with Crippen molar-refractivity contribution in [1.82, 2.24) is 9.97 Å². The number of primary amides is 1. The highest BCUT2D eigenvalue weighted by molar-refractivity contribution is 7.14. The molecule has 0 spiro atoms. The fraction of sp³-hybridized carbons (Fsp3) is 0.211. The number of hydrogen-bond donors (Lipinski definition) is 3. The van der Waals surface area contributed by atoms with Crippen molar-refractivity contribution in [3.05, 3.63) is 57.2 Å². The zero-order chi connectivity index (χ0) is 21.3. The van der Waals surface area contributed by atoms with E-state index in [2.05, 4.69) is 15.3 Å². The molecule has 1 fully saturated rings. The molecule has 11 heteroatoms. The lowest BCUT2D eigenvalue weighted by Gasteiger charge is -2.17. The first-order chi connectivity index (χ1) is 14.4. The van der Waals surface area contributed by atoms with Gasteiger partial charge in [-0.1, -0.05) is 0 Å². The van der Waals surface area contributed by atoms with E-state index in [0.717, 1.165) is 25.9 Å². The number of aromatic nitrogens is 2. The summed E-state index contributed by atoms with van der Waals surface area (Å²) in [6.45, 7) is 1.54. The molecule has 1 saturated heterocycles. The molecule has 154 valence electrons. The van der Waals surface area contributed by atoms with Crippen LogP contribution in [0.3, 0.4) is 0 Å². The van der Waals surface area contributed by atoms with E-state index < -0.39 is 16.7 Å². The third-order valence-electron chi connectivity index (χ3n) is 4.85. The number of aromatic amines is 1. The predicted molar refractivity (Wildman–Crippen MR) is 113 cm³/mol. The number of anilines is 2. The fourth-order valence-electron chi connectivity index (χ4n) is 3.35. The van der Waals surface area contributed by atoms with Gasteiger partial charge in [0.25, 0.3) is 17.5 Å². The molecule has 4 N–H and O–H groups in total. The standard InChI is InChI=1S/C19H18N6O4S/c20-17(26)13-7-12(9-21-13)14-10-30-19(22-14)23-18(27)11-3-4-15(16(8-11)25(28)29)24-5-1-2-6-24/h3-4,7-10,21H,1-2,5-6H2,(H2,20,26)(H,22,23,27). The minimum atomic E-state index is -0.580. The molecule has 0 saturated carbocycles. The van der Waals surface area contributed by atoms with E-state index in [1.165, 1.54) is 17.4 Å². The lowest BCUT2D eigenvalue weighted by molar-refractivity contribution is -0.384. The third-order valence-corrected chi connectivity index (χ3v) is 5.61. The summed E-state index contributed by atoms with van der Waals surface area (Å²) in [6.07, 6.45) is 3.59. The Morgan fingerprint density at radius 2 is 2.03 bits per heavy atom. The van der Waals surface area contributed by atoms with Gasteiger partial charge in [-0.25, -0.2) is 4.98 Å². The molecule has 1 aliphatic heterocycles. The van der Waals surface area contributed by atoms with Crippen LogP contribution in [-0.4, -0.2) is 39.8 Å². The highest BCUT2D eigenvalue weighted by atomic mass is 32.1. The van der Waals surface area contributed by atoms with E-state index in [0.29, 0.717) is 22.1 Å². The maximum Gasteiger partial charge on any atom is 0.293 e. The summed E-state index contributed by atoms with van der Waals surface area (Å²) >= 11 is 1.20. The minimum absolute atomic E-state index is 0.0873. The first kappa shape index (κ1) is 19.6. The lowest BCUT2D eigenvalue weighted by Crippen LogP contribution is -2.19. The van der Waals surface area contributed by atoms with E-state index >= 15 is 0 Å². The third kappa shape index (κ3) is 3.87. The second-order valence-corrected chi connectivity index (χ2v) is 7.67. The molecular weight excluding hydrogens is 408 g/mol. The summed E-state index contributed by atoms with van der Waals surface area (Å²) in [5.74, 6) is -1.07. The molecule has 3 aromatic rings. The van der Waals surface area contributed by atoms with Crippen molar-refractivity contribution in [3.63, 3.8) is 0 Å². The Labute approximate surface area is 174 Å². The molecule has 30 heavy (non-hydrogen) atoms. The number of thiazole rings is 1. The average Bonchev–Trinajstić information content (AvgIpc) is 3.48. The smallest absolute Gasteiger partial charge is 0.293 e. The number of nitro groups is 1. The van der Waals surface area contributed by atoms with E-state index in [9.17, 15) is 19.7 Å². The zero-order valence-corrected chi connectivity index (χ0v) is 16.6. The van der Waals surface area contributed by atoms with Gasteiger partial charge < -0.3 is 15.6 Å². The Morgan fingerprint density at radius 3 is 2.70 bits per heavy atom. The second-order valence-electron chi connectivity index (χ2n) is 6.81. The molecule has 2 amide bonds. The average molecular weight is 426 g/mol.